The standard InChI is InChI=1S/C27H21N3O3S/c1-16-8-10-20(18(3)12-16)26(32)30(27-29-22-11-9-17(2)13-24(22)34-27)28-14-19-15-33-23-7-5-4-6-21(23)25(19)31/h4-15H,1-3H3/b28-14+. The van der Waals surface area contributed by atoms with Gasteiger partial charge < -0.3 is 4.42 Å². The third-order valence-corrected chi connectivity index (χ3v) is 6.53. The van der Waals surface area contributed by atoms with Gasteiger partial charge in [0, 0.05) is 5.56 Å². The van der Waals surface area contributed by atoms with Crippen molar-refractivity contribution >= 4 is 49.8 Å². The zero-order valence-electron chi connectivity index (χ0n) is 18.9. The number of hydrogen-bond donors (Lipinski definition) is 0. The molecule has 6 nitrogen and oxygen atoms in total. The summed E-state index contributed by atoms with van der Waals surface area (Å²) in [6.45, 7) is 5.88. The minimum Gasteiger partial charge on any atom is -0.463 e. The number of hydrazone groups is 1. The van der Waals surface area contributed by atoms with Crippen molar-refractivity contribution in [2.24, 2.45) is 5.10 Å². The van der Waals surface area contributed by atoms with Gasteiger partial charge in [-0.05, 0) is 62.2 Å². The lowest BCUT2D eigenvalue weighted by Gasteiger charge is -2.15. The Hall–Kier alpha value is -4.10. The maximum absolute atomic E-state index is 13.6. The highest BCUT2D eigenvalue weighted by Gasteiger charge is 2.23. The van der Waals surface area contributed by atoms with E-state index in [0.717, 1.165) is 26.9 Å². The zero-order valence-corrected chi connectivity index (χ0v) is 19.7. The summed E-state index contributed by atoms with van der Waals surface area (Å²) < 4.78 is 6.55. The molecule has 0 atom stereocenters. The van der Waals surface area contributed by atoms with E-state index >= 15 is 0 Å². The Morgan fingerprint density at radius 2 is 1.79 bits per heavy atom. The SMILES string of the molecule is Cc1ccc(C(=O)N(/N=C/c2coc3ccccc3c2=O)c2nc3ccc(C)cc3s2)c(C)c1. The Kier molecular flexibility index (Phi) is 5.55. The number of anilines is 1. The van der Waals surface area contributed by atoms with Gasteiger partial charge in [-0.2, -0.15) is 10.1 Å². The Balaban J connectivity index is 1.62. The van der Waals surface area contributed by atoms with Crippen molar-refractivity contribution in [3.63, 3.8) is 0 Å². The van der Waals surface area contributed by atoms with Crippen LogP contribution in [0.15, 0.2) is 81.2 Å². The average molecular weight is 468 g/mol. The fourth-order valence-corrected chi connectivity index (χ4v) is 4.79. The maximum atomic E-state index is 13.6. The van der Waals surface area contributed by atoms with E-state index in [4.69, 9.17) is 4.42 Å². The Bertz CT molecular complexity index is 1650. The minimum atomic E-state index is -0.324. The highest BCUT2D eigenvalue weighted by Crippen LogP contribution is 2.31. The van der Waals surface area contributed by atoms with Crippen LogP contribution >= 0.6 is 11.3 Å². The number of nitrogens with zero attached hydrogens (tertiary/aromatic N) is 3. The molecule has 168 valence electrons. The molecular weight excluding hydrogens is 446 g/mol. The fourth-order valence-electron chi connectivity index (χ4n) is 3.77. The predicted molar refractivity (Wildman–Crippen MR) is 137 cm³/mol. The molecule has 0 saturated heterocycles. The molecule has 0 unspecified atom stereocenters. The van der Waals surface area contributed by atoms with Gasteiger partial charge >= 0.3 is 0 Å². The molecule has 2 heterocycles. The van der Waals surface area contributed by atoms with Crippen LogP contribution in [0, 0.1) is 20.8 Å². The summed E-state index contributed by atoms with van der Waals surface area (Å²) in [4.78, 5) is 31.2. The minimum absolute atomic E-state index is 0.218. The van der Waals surface area contributed by atoms with E-state index in [-0.39, 0.29) is 16.9 Å². The zero-order chi connectivity index (χ0) is 23.8. The van der Waals surface area contributed by atoms with Gasteiger partial charge in [-0.1, -0.05) is 47.2 Å². The number of benzene rings is 3. The molecule has 0 fully saturated rings. The monoisotopic (exact) mass is 467 g/mol. The van der Waals surface area contributed by atoms with Gasteiger partial charge in [0.05, 0.1) is 27.4 Å². The van der Waals surface area contributed by atoms with Crippen LogP contribution in [0.25, 0.3) is 21.2 Å². The van der Waals surface area contributed by atoms with Crippen LogP contribution in [0.1, 0.15) is 32.6 Å². The Labute approximate surface area is 199 Å². The lowest BCUT2D eigenvalue weighted by atomic mass is 10.1. The lowest BCUT2D eigenvalue weighted by molar-refractivity contribution is 0.0987. The van der Waals surface area contributed by atoms with Crippen molar-refractivity contribution in [2.75, 3.05) is 5.01 Å². The molecule has 1 amide bonds. The number of carbonyl (C=O) groups is 1. The van der Waals surface area contributed by atoms with E-state index in [9.17, 15) is 9.59 Å². The molecule has 0 N–H and O–H groups in total. The first-order chi connectivity index (χ1) is 16.4. The smallest absolute Gasteiger partial charge is 0.281 e. The molecule has 0 radical (unpaired) electrons. The van der Waals surface area contributed by atoms with Crippen LogP contribution in [-0.4, -0.2) is 17.1 Å². The van der Waals surface area contributed by atoms with Crippen molar-refractivity contribution in [1.29, 1.82) is 0 Å². The van der Waals surface area contributed by atoms with Crippen LogP contribution in [-0.2, 0) is 0 Å². The van der Waals surface area contributed by atoms with Crippen LogP contribution in [0.4, 0.5) is 5.13 Å². The van der Waals surface area contributed by atoms with E-state index < -0.39 is 0 Å². The van der Waals surface area contributed by atoms with Gasteiger partial charge in [-0.3, -0.25) is 9.59 Å². The number of carbonyl (C=O) groups excluding carboxylic acids is 1. The first kappa shape index (κ1) is 21.7. The predicted octanol–water partition coefficient (Wildman–Crippen LogP) is 6.01. The Morgan fingerprint density at radius 3 is 2.62 bits per heavy atom. The van der Waals surface area contributed by atoms with Gasteiger partial charge in [-0.15, -0.1) is 0 Å². The summed E-state index contributed by atoms with van der Waals surface area (Å²) in [6, 6.07) is 18.6. The van der Waals surface area contributed by atoms with Crippen molar-refractivity contribution in [3.05, 3.63) is 105 Å². The van der Waals surface area contributed by atoms with Crippen LogP contribution in [0.3, 0.4) is 0 Å². The number of rotatable bonds is 4. The second-order valence-corrected chi connectivity index (χ2v) is 9.17. The number of para-hydroxylation sites is 1. The second kappa shape index (κ2) is 8.68. The Morgan fingerprint density at radius 1 is 1.03 bits per heavy atom. The molecule has 5 rings (SSSR count). The van der Waals surface area contributed by atoms with Gasteiger partial charge in [-0.25, -0.2) is 4.98 Å². The van der Waals surface area contributed by atoms with Crippen molar-refractivity contribution in [1.82, 2.24) is 4.98 Å². The van der Waals surface area contributed by atoms with Crippen molar-refractivity contribution in [3.8, 4) is 0 Å². The molecule has 0 aliphatic carbocycles. The number of thiazole rings is 1. The van der Waals surface area contributed by atoms with E-state index in [1.165, 1.54) is 28.8 Å². The molecule has 3 aromatic carbocycles. The van der Waals surface area contributed by atoms with E-state index in [2.05, 4.69) is 10.1 Å². The average Bonchev–Trinajstić information content (AvgIpc) is 3.23. The molecule has 0 aliphatic heterocycles. The summed E-state index contributed by atoms with van der Waals surface area (Å²) >= 11 is 1.37. The molecule has 0 spiro atoms. The van der Waals surface area contributed by atoms with Gasteiger partial charge in [0.25, 0.3) is 5.91 Å². The number of fused-ring (bicyclic) bond motifs is 2. The van der Waals surface area contributed by atoms with Crippen LogP contribution in [0.2, 0.25) is 0 Å². The van der Waals surface area contributed by atoms with Gasteiger partial charge in [0.2, 0.25) is 10.6 Å². The molecule has 0 aliphatic rings. The second-order valence-electron chi connectivity index (χ2n) is 8.16. The molecule has 0 saturated carbocycles. The van der Waals surface area contributed by atoms with E-state index in [1.54, 1.807) is 30.3 Å². The third kappa shape index (κ3) is 4.02. The van der Waals surface area contributed by atoms with E-state index in [1.807, 2.05) is 51.1 Å². The summed E-state index contributed by atoms with van der Waals surface area (Å²) in [6.07, 6.45) is 2.71. The van der Waals surface area contributed by atoms with Gasteiger partial charge in [0.1, 0.15) is 11.8 Å². The molecule has 2 aromatic heterocycles. The lowest BCUT2D eigenvalue weighted by Crippen LogP contribution is -2.26. The first-order valence-electron chi connectivity index (χ1n) is 10.7. The summed E-state index contributed by atoms with van der Waals surface area (Å²) in [5.74, 6) is -0.324. The van der Waals surface area contributed by atoms with Crippen molar-refractivity contribution in [2.45, 2.75) is 20.8 Å². The number of aromatic nitrogens is 1. The summed E-state index contributed by atoms with van der Waals surface area (Å²) in [7, 11) is 0. The number of amides is 1. The summed E-state index contributed by atoms with van der Waals surface area (Å²) in [5, 5.41) is 6.57. The maximum Gasteiger partial charge on any atom is 0.281 e. The largest absolute Gasteiger partial charge is 0.463 e. The fraction of sp³-hybridized carbons (Fsp3) is 0.111. The number of aryl methyl sites for hydroxylation is 3. The third-order valence-electron chi connectivity index (χ3n) is 5.54. The van der Waals surface area contributed by atoms with E-state index in [0.29, 0.717) is 21.7 Å². The van der Waals surface area contributed by atoms with Crippen LogP contribution < -0.4 is 10.4 Å². The van der Waals surface area contributed by atoms with Crippen molar-refractivity contribution < 1.29 is 9.21 Å². The highest BCUT2D eigenvalue weighted by atomic mass is 32.1. The normalized spacial score (nSPS) is 11.5. The molecule has 7 heteroatoms. The first-order valence-corrected chi connectivity index (χ1v) is 11.6. The molecule has 0 bridgehead atoms. The van der Waals surface area contributed by atoms with Crippen LogP contribution in [0.5, 0.6) is 0 Å². The molecule has 5 aromatic rings. The quantitative estimate of drug-likeness (QED) is 0.240. The van der Waals surface area contributed by atoms with Gasteiger partial charge in [0.15, 0.2) is 0 Å². The molecular formula is C27H21N3O3S. The topological polar surface area (TPSA) is 75.8 Å². The summed E-state index contributed by atoms with van der Waals surface area (Å²) in [5.41, 5.74) is 4.83. The highest BCUT2D eigenvalue weighted by molar-refractivity contribution is 7.22. The number of hydrogen-bond acceptors (Lipinski definition) is 6. The molecule has 34 heavy (non-hydrogen) atoms.